The average molecular weight is 378 g/mol. The first-order valence-electron chi connectivity index (χ1n) is 9.80. The number of carbonyl (C=O) groups is 1. The smallest absolute Gasteiger partial charge is 0.246 e. The summed E-state index contributed by atoms with van der Waals surface area (Å²) < 4.78 is 1.65. The number of nitrogens with one attached hydrogen (secondary N) is 1. The zero-order valence-corrected chi connectivity index (χ0v) is 16.6. The monoisotopic (exact) mass is 378 g/mol. The van der Waals surface area contributed by atoms with Crippen molar-refractivity contribution in [1.29, 1.82) is 0 Å². The van der Waals surface area contributed by atoms with Crippen LogP contribution in [0, 0.1) is 19.8 Å². The molecule has 1 aromatic carbocycles. The highest BCUT2D eigenvalue weighted by Crippen LogP contribution is 2.27. The number of benzene rings is 1. The van der Waals surface area contributed by atoms with E-state index >= 15 is 0 Å². The van der Waals surface area contributed by atoms with Crippen LogP contribution in [0.25, 0.3) is 11.0 Å². The fraction of sp³-hybridized carbons (Fsp3) is 0.429. The third kappa shape index (κ3) is 3.56. The predicted molar refractivity (Wildman–Crippen MR) is 110 cm³/mol. The lowest BCUT2D eigenvalue weighted by Crippen LogP contribution is -2.33. The molecular formula is C21H26N6O. The molecule has 28 heavy (non-hydrogen) atoms. The molecule has 0 saturated carbocycles. The molecule has 1 fully saturated rings. The zero-order chi connectivity index (χ0) is 19.7. The molecule has 1 saturated heterocycles. The molecule has 4 rings (SSSR count). The molecule has 0 aliphatic carbocycles. The highest BCUT2D eigenvalue weighted by atomic mass is 16.2. The summed E-state index contributed by atoms with van der Waals surface area (Å²) in [5, 5.41) is 8.30. The molecule has 0 atom stereocenters. The van der Waals surface area contributed by atoms with E-state index in [2.05, 4.69) is 32.2 Å². The Morgan fingerprint density at radius 1 is 1.21 bits per heavy atom. The summed E-state index contributed by atoms with van der Waals surface area (Å²) in [5.74, 6) is 1.55. The van der Waals surface area contributed by atoms with Gasteiger partial charge in [0.05, 0.1) is 11.6 Å². The zero-order valence-electron chi connectivity index (χ0n) is 16.6. The van der Waals surface area contributed by atoms with Gasteiger partial charge in [0.15, 0.2) is 5.65 Å². The summed E-state index contributed by atoms with van der Waals surface area (Å²) in [6.45, 7) is 8.43. The Morgan fingerprint density at radius 3 is 2.79 bits per heavy atom. The SMILES string of the molecule is Cc1cccc(NC(=O)Cn2ncc3c(N4CCC(C)CC4)ncnc32)c1C. The number of anilines is 2. The summed E-state index contributed by atoms with van der Waals surface area (Å²) in [4.78, 5) is 23.8. The van der Waals surface area contributed by atoms with E-state index < -0.39 is 0 Å². The number of aromatic nitrogens is 4. The van der Waals surface area contributed by atoms with E-state index in [0.29, 0.717) is 5.65 Å². The Morgan fingerprint density at radius 2 is 2.00 bits per heavy atom. The van der Waals surface area contributed by atoms with Crippen molar-refractivity contribution in [3.05, 3.63) is 41.9 Å². The number of fused-ring (bicyclic) bond motifs is 1. The average Bonchev–Trinajstić information content (AvgIpc) is 3.09. The number of rotatable bonds is 4. The number of piperidine rings is 1. The molecule has 1 aliphatic rings. The molecule has 1 amide bonds. The predicted octanol–water partition coefficient (Wildman–Crippen LogP) is 3.32. The fourth-order valence-electron chi connectivity index (χ4n) is 3.68. The van der Waals surface area contributed by atoms with Crippen molar-refractivity contribution < 1.29 is 4.79 Å². The maximum Gasteiger partial charge on any atom is 0.246 e. The molecule has 146 valence electrons. The van der Waals surface area contributed by atoms with Crippen molar-refractivity contribution in [1.82, 2.24) is 19.7 Å². The van der Waals surface area contributed by atoms with E-state index in [1.165, 1.54) is 0 Å². The van der Waals surface area contributed by atoms with E-state index in [4.69, 9.17) is 0 Å². The van der Waals surface area contributed by atoms with Crippen LogP contribution in [-0.2, 0) is 11.3 Å². The summed E-state index contributed by atoms with van der Waals surface area (Å²) in [6.07, 6.45) is 5.67. The van der Waals surface area contributed by atoms with Gasteiger partial charge >= 0.3 is 0 Å². The molecule has 3 aromatic rings. The fourth-order valence-corrected chi connectivity index (χ4v) is 3.68. The molecule has 0 unspecified atom stereocenters. The highest BCUT2D eigenvalue weighted by molar-refractivity contribution is 5.93. The third-order valence-corrected chi connectivity index (χ3v) is 5.67. The van der Waals surface area contributed by atoms with Crippen LogP contribution in [0.15, 0.2) is 30.7 Å². The lowest BCUT2D eigenvalue weighted by Gasteiger charge is -2.31. The Labute approximate surface area is 164 Å². The largest absolute Gasteiger partial charge is 0.356 e. The van der Waals surface area contributed by atoms with Gasteiger partial charge in [-0.05, 0) is 49.8 Å². The highest BCUT2D eigenvalue weighted by Gasteiger charge is 2.21. The van der Waals surface area contributed by atoms with Gasteiger partial charge in [0.2, 0.25) is 5.91 Å². The molecule has 2 aromatic heterocycles. The lowest BCUT2D eigenvalue weighted by molar-refractivity contribution is -0.116. The molecule has 7 heteroatoms. The van der Waals surface area contributed by atoms with Crippen LogP contribution in [0.5, 0.6) is 0 Å². The van der Waals surface area contributed by atoms with E-state index in [9.17, 15) is 4.79 Å². The van der Waals surface area contributed by atoms with Crippen molar-refractivity contribution in [3.63, 3.8) is 0 Å². The minimum absolute atomic E-state index is 0.115. The van der Waals surface area contributed by atoms with Crippen LogP contribution in [0.1, 0.15) is 30.9 Å². The van der Waals surface area contributed by atoms with Gasteiger partial charge in [0, 0.05) is 18.8 Å². The van der Waals surface area contributed by atoms with Crippen molar-refractivity contribution >= 4 is 28.4 Å². The quantitative estimate of drug-likeness (QED) is 0.754. The number of nitrogens with zero attached hydrogens (tertiary/aromatic N) is 5. The van der Waals surface area contributed by atoms with Gasteiger partial charge in [-0.15, -0.1) is 0 Å². The van der Waals surface area contributed by atoms with E-state index in [1.807, 2.05) is 32.0 Å². The first kappa shape index (κ1) is 18.4. The van der Waals surface area contributed by atoms with Gasteiger partial charge in [-0.2, -0.15) is 5.10 Å². The standard InChI is InChI=1S/C21H26N6O/c1-14-7-9-26(10-8-14)20-17-11-24-27(21(17)23-13-22-20)12-19(28)25-18-6-4-5-15(2)16(18)3/h4-6,11,13-14H,7-10,12H2,1-3H3,(H,25,28). The molecule has 3 heterocycles. The molecule has 7 nitrogen and oxygen atoms in total. The summed E-state index contributed by atoms with van der Waals surface area (Å²) in [5.41, 5.74) is 3.75. The van der Waals surface area contributed by atoms with E-state index in [-0.39, 0.29) is 12.5 Å². The first-order chi connectivity index (χ1) is 13.5. The van der Waals surface area contributed by atoms with Gasteiger partial charge < -0.3 is 10.2 Å². The number of aryl methyl sites for hydroxylation is 1. The molecule has 0 radical (unpaired) electrons. The second kappa shape index (κ2) is 7.58. The van der Waals surface area contributed by atoms with Crippen LogP contribution in [-0.4, -0.2) is 38.7 Å². The number of carbonyl (C=O) groups excluding carboxylic acids is 1. The first-order valence-corrected chi connectivity index (χ1v) is 9.80. The van der Waals surface area contributed by atoms with Crippen LogP contribution < -0.4 is 10.2 Å². The Kier molecular flexibility index (Phi) is 4.98. The van der Waals surface area contributed by atoms with Crippen LogP contribution in [0.4, 0.5) is 11.5 Å². The van der Waals surface area contributed by atoms with Crippen molar-refractivity contribution in [2.45, 2.75) is 40.2 Å². The minimum Gasteiger partial charge on any atom is -0.356 e. The van der Waals surface area contributed by atoms with Crippen molar-refractivity contribution in [3.8, 4) is 0 Å². The number of hydrogen-bond acceptors (Lipinski definition) is 5. The number of hydrogen-bond donors (Lipinski definition) is 1. The molecule has 1 N–H and O–H groups in total. The van der Waals surface area contributed by atoms with Gasteiger partial charge in [0.25, 0.3) is 0 Å². The Hall–Kier alpha value is -2.96. The van der Waals surface area contributed by atoms with E-state index in [0.717, 1.165) is 59.9 Å². The second-order valence-electron chi connectivity index (χ2n) is 7.70. The van der Waals surface area contributed by atoms with E-state index in [1.54, 1.807) is 17.2 Å². The van der Waals surface area contributed by atoms with Crippen molar-refractivity contribution in [2.24, 2.45) is 5.92 Å². The summed E-state index contributed by atoms with van der Waals surface area (Å²) >= 11 is 0. The van der Waals surface area contributed by atoms with Gasteiger partial charge in [0.1, 0.15) is 18.7 Å². The molecular weight excluding hydrogens is 352 g/mol. The third-order valence-electron chi connectivity index (χ3n) is 5.67. The Balaban J connectivity index is 1.54. The molecule has 0 bridgehead atoms. The molecule has 0 spiro atoms. The maximum atomic E-state index is 12.6. The second-order valence-corrected chi connectivity index (χ2v) is 7.70. The lowest BCUT2D eigenvalue weighted by atomic mass is 9.99. The van der Waals surface area contributed by atoms with Crippen LogP contribution in [0.3, 0.4) is 0 Å². The minimum atomic E-state index is -0.120. The maximum absolute atomic E-state index is 12.6. The van der Waals surface area contributed by atoms with Gasteiger partial charge in [-0.3, -0.25) is 4.79 Å². The Bertz CT molecular complexity index is 1000. The topological polar surface area (TPSA) is 75.9 Å². The van der Waals surface area contributed by atoms with Gasteiger partial charge in [-0.25, -0.2) is 14.6 Å². The van der Waals surface area contributed by atoms with Gasteiger partial charge in [-0.1, -0.05) is 19.1 Å². The summed E-state index contributed by atoms with van der Waals surface area (Å²) in [7, 11) is 0. The summed E-state index contributed by atoms with van der Waals surface area (Å²) in [6, 6.07) is 5.89. The van der Waals surface area contributed by atoms with Crippen LogP contribution in [0.2, 0.25) is 0 Å². The molecule has 1 aliphatic heterocycles. The van der Waals surface area contributed by atoms with Crippen LogP contribution >= 0.6 is 0 Å². The number of amides is 1. The van der Waals surface area contributed by atoms with Crippen molar-refractivity contribution in [2.75, 3.05) is 23.3 Å². The normalized spacial score (nSPS) is 15.2.